The third-order valence-corrected chi connectivity index (χ3v) is 4.93. The molecule has 0 spiro atoms. The van der Waals surface area contributed by atoms with Crippen molar-refractivity contribution >= 4 is 20.0 Å². The van der Waals surface area contributed by atoms with Gasteiger partial charge in [0.05, 0.1) is 16.4 Å². The molecular formula is C12H18O6S2. The molecule has 114 valence electrons. The molecule has 0 amide bonds. The highest BCUT2D eigenvalue weighted by Crippen LogP contribution is 2.21. The van der Waals surface area contributed by atoms with Crippen LogP contribution < -0.4 is 4.74 Å². The lowest BCUT2D eigenvalue weighted by atomic mass is 10.2. The van der Waals surface area contributed by atoms with Gasteiger partial charge in [-0.05, 0) is 45.0 Å². The summed E-state index contributed by atoms with van der Waals surface area (Å²) in [6, 6.07) is 5.71. The Hall–Kier alpha value is -1.12. The summed E-state index contributed by atoms with van der Waals surface area (Å²) in [7, 11) is -8.05. The lowest BCUT2D eigenvalue weighted by Crippen LogP contribution is -2.23. The first-order chi connectivity index (χ1) is 8.89. The van der Waals surface area contributed by atoms with Gasteiger partial charge < -0.3 is 4.74 Å². The van der Waals surface area contributed by atoms with E-state index in [2.05, 4.69) is 0 Å². The van der Waals surface area contributed by atoms with E-state index in [0.717, 1.165) is 0 Å². The predicted octanol–water partition coefficient (Wildman–Crippen LogP) is 1.53. The minimum absolute atomic E-state index is 0.0117. The minimum Gasteiger partial charge on any atom is -0.488 e. The molecule has 0 unspecified atom stereocenters. The average molecular weight is 322 g/mol. The summed E-state index contributed by atoms with van der Waals surface area (Å²) in [5, 5.41) is 0. The first-order valence-corrected chi connectivity index (χ1v) is 9.12. The van der Waals surface area contributed by atoms with Crippen LogP contribution in [0.25, 0.3) is 0 Å². The van der Waals surface area contributed by atoms with Crippen LogP contribution in [0.1, 0.15) is 20.8 Å². The van der Waals surface area contributed by atoms with Crippen LogP contribution >= 0.6 is 0 Å². The summed E-state index contributed by atoms with van der Waals surface area (Å²) in [6.07, 6.45) is 0. The second-order valence-electron chi connectivity index (χ2n) is 5.29. The zero-order chi connectivity index (χ0) is 15.6. The van der Waals surface area contributed by atoms with Crippen LogP contribution in [0.3, 0.4) is 0 Å². The second kappa shape index (κ2) is 5.71. The van der Waals surface area contributed by atoms with Crippen molar-refractivity contribution in [2.24, 2.45) is 0 Å². The Morgan fingerprint density at radius 3 is 1.90 bits per heavy atom. The van der Waals surface area contributed by atoms with Gasteiger partial charge in [0.15, 0.2) is 9.84 Å². The van der Waals surface area contributed by atoms with Crippen molar-refractivity contribution in [2.75, 3.05) is 11.5 Å². The molecule has 0 aromatic heterocycles. The van der Waals surface area contributed by atoms with Crippen molar-refractivity contribution in [3.63, 3.8) is 0 Å². The van der Waals surface area contributed by atoms with E-state index in [1.807, 2.05) is 20.8 Å². The largest absolute Gasteiger partial charge is 0.488 e. The van der Waals surface area contributed by atoms with E-state index in [1.165, 1.54) is 24.3 Å². The van der Waals surface area contributed by atoms with Gasteiger partial charge in [0.25, 0.3) is 10.1 Å². The van der Waals surface area contributed by atoms with Crippen LogP contribution in [-0.4, -0.2) is 38.5 Å². The summed E-state index contributed by atoms with van der Waals surface area (Å²) in [5.74, 6) is -0.966. The first-order valence-electron chi connectivity index (χ1n) is 5.86. The number of sulfone groups is 1. The summed E-state index contributed by atoms with van der Waals surface area (Å²) in [6.45, 7) is 5.59. The summed E-state index contributed by atoms with van der Waals surface area (Å²) in [5.41, 5.74) is -0.397. The standard InChI is InChI=1S/C12H18O6S2/c1-12(2,3)18-10-4-6-11(7-5-10)19(13,14)8-9-20(15,16)17/h4-7H,8-9H2,1-3H3,(H,15,16,17). The van der Waals surface area contributed by atoms with Gasteiger partial charge >= 0.3 is 0 Å². The van der Waals surface area contributed by atoms with Gasteiger partial charge in [-0.1, -0.05) is 0 Å². The van der Waals surface area contributed by atoms with Crippen LogP contribution in [0, 0.1) is 0 Å². The highest BCUT2D eigenvalue weighted by Gasteiger charge is 2.19. The number of rotatable bonds is 5. The molecule has 0 atom stereocenters. The van der Waals surface area contributed by atoms with E-state index in [1.54, 1.807) is 0 Å². The highest BCUT2D eigenvalue weighted by atomic mass is 32.2. The van der Waals surface area contributed by atoms with Crippen molar-refractivity contribution in [2.45, 2.75) is 31.3 Å². The van der Waals surface area contributed by atoms with Gasteiger partial charge in [-0.15, -0.1) is 0 Å². The lowest BCUT2D eigenvalue weighted by molar-refractivity contribution is 0.131. The molecule has 0 heterocycles. The molecule has 6 nitrogen and oxygen atoms in total. The van der Waals surface area contributed by atoms with Crippen LogP contribution in [0.5, 0.6) is 5.75 Å². The van der Waals surface area contributed by atoms with Gasteiger partial charge in [0, 0.05) is 0 Å². The number of hydrogen-bond acceptors (Lipinski definition) is 5. The first kappa shape index (κ1) is 16.9. The van der Waals surface area contributed by atoms with E-state index < -0.39 is 37.1 Å². The molecule has 0 aliphatic rings. The molecule has 8 heteroatoms. The van der Waals surface area contributed by atoms with Gasteiger partial charge in [-0.3, -0.25) is 4.55 Å². The predicted molar refractivity (Wildman–Crippen MR) is 75.3 cm³/mol. The van der Waals surface area contributed by atoms with Gasteiger partial charge in [-0.2, -0.15) is 8.42 Å². The Morgan fingerprint density at radius 2 is 1.50 bits per heavy atom. The Balaban J connectivity index is 2.87. The molecule has 0 aliphatic heterocycles. The molecule has 0 saturated carbocycles. The van der Waals surface area contributed by atoms with Crippen molar-refractivity contribution in [1.29, 1.82) is 0 Å². The molecule has 1 aromatic rings. The molecule has 20 heavy (non-hydrogen) atoms. The van der Waals surface area contributed by atoms with Crippen molar-refractivity contribution in [3.8, 4) is 5.75 Å². The van der Waals surface area contributed by atoms with Crippen molar-refractivity contribution in [1.82, 2.24) is 0 Å². The van der Waals surface area contributed by atoms with E-state index >= 15 is 0 Å². The van der Waals surface area contributed by atoms with Gasteiger partial charge in [-0.25, -0.2) is 8.42 Å². The smallest absolute Gasteiger partial charge is 0.265 e. The third kappa shape index (κ3) is 5.89. The topological polar surface area (TPSA) is 97.7 Å². The maximum atomic E-state index is 11.9. The zero-order valence-corrected chi connectivity index (χ0v) is 13.2. The Morgan fingerprint density at radius 1 is 1.00 bits per heavy atom. The van der Waals surface area contributed by atoms with Crippen LogP contribution in [0.4, 0.5) is 0 Å². The highest BCUT2D eigenvalue weighted by molar-refractivity contribution is 7.93. The Kier molecular flexibility index (Phi) is 4.83. The number of hydrogen-bond donors (Lipinski definition) is 1. The Bertz CT molecular complexity index is 651. The minimum atomic E-state index is -4.30. The quantitative estimate of drug-likeness (QED) is 0.826. The second-order valence-corrected chi connectivity index (χ2v) is 8.97. The van der Waals surface area contributed by atoms with Crippen LogP contribution in [-0.2, 0) is 20.0 Å². The van der Waals surface area contributed by atoms with E-state index in [0.29, 0.717) is 5.75 Å². The summed E-state index contributed by atoms with van der Waals surface area (Å²) < 4.78 is 59.0. The molecule has 1 rings (SSSR count). The fourth-order valence-corrected chi connectivity index (χ4v) is 3.91. The van der Waals surface area contributed by atoms with Gasteiger partial charge in [0.1, 0.15) is 11.4 Å². The zero-order valence-electron chi connectivity index (χ0n) is 11.5. The molecule has 1 aromatic carbocycles. The van der Waals surface area contributed by atoms with Crippen molar-refractivity contribution in [3.05, 3.63) is 24.3 Å². The van der Waals surface area contributed by atoms with Crippen LogP contribution in [0.15, 0.2) is 29.2 Å². The molecule has 1 N–H and O–H groups in total. The molecule has 0 fully saturated rings. The van der Waals surface area contributed by atoms with Crippen molar-refractivity contribution < 1.29 is 26.1 Å². The van der Waals surface area contributed by atoms with E-state index in [9.17, 15) is 16.8 Å². The molecule has 0 saturated heterocycles. The maximum absolute atomic E-state index is 11.9. The Labute approximate surface area is 119 Å². The number of ether oxygens (including phenoxy) is 1. The van der Waals surface area contributed by atoms with Gasteiger partial charge in [0.2, 0.25) is 0 Å². The third-order valence-electron chi connectivity index (χ3n) is 2.22. The molecular weight excluding hydrogens is 304 g/mol. The summed E-state index contributed by atoms with van der Waals surface area (Å²) in [4.78, 5) is -0.0117. The van der Waals surface area contributed by atoms with E-state index in [-0.39, 0.29) is 4.90 Å². The monoisotopic (exact) mass is 322 g/mol. The maximum Gasteiger partial charge on any atom is 0.265 e. The summed E-state index contributed by atoms with van der Waals surface area (Å²) >= 11 is 0. The lowest BCUT2D eigenvalue weighted by Gasteiger charge is -2.21. The SMILES string of the molecule is CC(C)(C)Oc1ccc(S(=O)(=O)CCS(=O)(=O)O)cc1. The van der Waals surface area contributed by atoms with E-state index in [4.69, 9.17) is 9.29 Å². The molecule has 0 bridgehead atoms. The molecule has 0 radical (unpaired) electrons. The fraction of sp³-hybridized carbons (Fsp3) is 0.500. The number of benzene rings is 1. The molecule has 0 aliphatic carbocycles. The fourth-order valence-electron chi connectivity index (χ4n) is 1.40. The normalized spacial score (nSPS) is 13.2. The average Bonchev–Trinajstić information content (AvgIpc) is 2.24. The van der Waals surface area contributed by atoms with Crippen LogP contribution in [0.2, 0.25) is 0 Å².